The summed E-state index contributed by atoms with van der Waals surface area (Å²) in [6.07, 6.45) is 1.97. The maximum Gasteiger partial charge on any atom is 0.203 e. The standard InChI is InChI=1S/C23H25N3O5S/c1-28-17-9-7-16(8-10-17)26-22(24-25-23(26)32-13-18(27)14-5-6-14)15-11-19(29-2)21(31-4)20(12-15)30-3/h7-12,14H,5-6,13H2,1-4H3. The summed E-state index contributed by atoms with van der Waals surface area (Å²) in [5.41, 5.74) is 1.59. The third kappa shape index (κ3) is 4.38. The van der Waals surface area contributed by atoms with Crippen LogP contribution in [0.25, 0.3) is 17.1 Å². The number of methoxy groups -OCH3 is 4. The number of hydrogen-bond acceptors (Lipinski definition) is 8. The summed E-state index contributed by atoms with van der Waals surface area (Å²) in [7, 11) is 6.32. The van der Waals surface area contributed by atoms with Crippen LogP contribution in [0.5, 0.6) is 23.0 Å². The molecule has 0 saturated heterocycles. The summed E-state index contributed by atoms with van der Waals surface area (Å²) < 4.78 is 23.7. The fourth-order valence-electron chi connectivity index (χ4n) is 3.38. The topological polar surface area (TPSA) is 84.7 Å². The first-order chi connectivity index (χ1) is 15.6. The zero-order valence-corrected chi connectivity index (χ0v) is 19.3. The molecule has 0 N–H and O–H groups in total. The number of nitrogens with zero attached hydrogens (tertiary/aromatic N) is 3. The van der Waals surface area contributed by atoms with Crippen LogP contribution in [0.4, 0.5) is 0 Å². The molecule has 1 heterocycles. The van der Waals surface area contributed by atoms with Crippen LogP contribution >= 0.6 is 11.8 Å². The molecule has 4 rings (SSSR count). The molecule has 168 valence electrons. The maximum atomic E-state index is 12.3. The smallest absolute Gasteiger partial charge is 0.203 e. The lowest BCUT2D eigenvalue weighted by Gasteiger charge is -2.15. The first-order valence-electron chi connectivity index (χ1n) is 10.1. The molecule has 0 atom stereocenters. The van der Waals surface area contributed by atoms with E-state index in [-0.39, 0.29) is 11.7 Å². The second-order valence-corrected chi connectivity index (χ2v) is 8.23. The van der Waals surface area contributed by atoms with Crippen LogP contribution in [0.3, 0.4) is 0 Å². The molecular weight excluding hydrogens is 430 g/mol. The zero-order valence-electron chi connectivity index (χ0n) is 18.5. The molecule has 9 heteroatoms. The van der Waals surface area contributed by atoms with E-state index >= 15 is 0 Å². The Kier molecular flexibility index (Phi) is 6.55. The quantitative estimate of drug-likeness (QED) is 0.424. The van der Waals surface area contributed by atoms with Crippen LogP contribution in [0, 0.1) is 5.92 Å². The molecule has 2 aromatic carbocycles. The van der Waals surface area contributed by atoms with E-state index in [0.717, 1.165) is 29.8 Å². The van der Waals surface area contributed by atoms with Crippen molar-refractivity contribution in [3.05, 3.63) is 36.4 Å². The van der Waals surface area contributed by atoms with Crippen LogP contribution in [0.15, 0.2) is 41.6 Å². The summed E-state index contributed by atoms with van der Waals surface area (Å²) in [4.78, 5) is 12.3. The molecule has 8 nitrogen and oxygen atoms in total. The van der Waals surface area contributed by atoms with Crippen LogP contribution in [0.1, 0.15) is 12.8 Å². The van der Waals surface area contributed by atoms with Crippen LogP contribution < -0.4 is 18.9 Å². The monoisotopic (exact) mass is 455 g/mol. The predicted molar refractivity (Wildman–Crippen MR) is 121 cm³/mol. The van der Waals surface area contributed by atoms with E-state index in [1.165, 1.54) is 11.8 Å². The molecule has 1 fully saturated rings. The van der Waals surface area contributed by atoms with Gasteiger partial charge in [-0.15, -0.1) is 10.2 Å². The minimum absolute atomic E-state index is 0.203. The molecule has 0 unspecified atom stereocenters. The SMILES string of the molecule is COc1ccc(-n2c(SCC(=O)C3CC3)nnc2-c2cc(OC)c(OC)c(OC)c2)cc1. The van der Waals surface area contributed by atoms with Gasteiger partial charge in [0.1, 0.15) is 11.5 Å². The van der Waals surface area contributed by atoms with Gasteiger partial charge >= 0.3 is 0 Å². The van der Waals surface area contributed by atoms with Crippen molar-refractivity contribution in [3.8, 4) is 40.1 Å². The van der Waals surface area contributed by atoms with Gasteiger partial charge in [0.2, 0.25) is 5.75 Å². The summed E-state index contributed by atoms with van der Waals surface area (Å²) >= 11 is 1.39. The molecule has 1 aromatic heterocycles. The Labute approximate surface area is 190 Å². The van der Waals surface area contributed by atoms with E-state index in [4.69, 9.17) is 18.9 Å². The Balaban J connectivity index is 1.79. The van der Waals surface area contributed by atoms with E-state index in [0.29, 0.717) is 34.0 Å². The highest BCUT2D eigenvalue weighted by atomic mass is 32.2. The van der Waals surface area contributed by atoms with Crippen molar-refractivity contribution in [2.24, 2.45) is 5.92 Å². The fraction of sp³-hybridized carbons (Fsp3) is 0.348. The van der Waals surface area contributed by atoms with Gasteiger partial charge in [0.25, 0.3) is 0 Å². The summed E-state index contributed by atoms with van der Waals surface area (Å²) in [5, 5.41) is 9.48. The second-order valence-electron chi connectivity index (χ2n) is 7.28. The molecule has 0 aliphatic heterocycles. The van der Waals surface area contributed by atoms with E-state index in [9.17, 15) is 4.79 Å². The second kappa shape index (κ2) is 9.52. The minimum Gasteiger partial charge on any atom is -0.497 e. The normalized spacial score (nSPS) is 13.0. The largest absolute Gasteiger partial charge is 0.497 e. The number of ether oxygens (including phenoxy) is 4. The van der Waals surface area contributed by atoms with Crippen molar-refractivity contribution in [1.29, 1.82) is 0 Å². The number of thioether (sulfide) groups is 1. The zero-order chi connectivity index (χ0) is 22.7. The van der Waals surface area contributed by atoms with Crippen molar-refractivity contribution in [2.75, 3.05) is 34.2 Å². The maximum absolute atomic E-state index is 12.3. The third-order valence-electron chi connectivity index (χ3n) is 5.26. The Bertz CT molecular complexity index is 1080. The molecule has 1 aliphatic rings. The Morgan fingerprint density at radius 2 is 1.62 bits per heavy atom. The van der Waals surface area contributed by atoms with Crippen molar-refractivity contribution in [2.45, 2.75) is 18.0 Å². The van der Waals surface area contributed by atoms with Crippen molar-refractivity contribution in [1.82, 2.24) is 14.8 Å². The number of ketones is 1. The van der Waals surface area contributed by atoms with E-state index in [1.54, 1.807) is 28.4 Å². The van der Waals surface area contributed by atoms with Crippen molar-refractivity contribution < 1.29 is 23.7 Å². The summed E-state index contributed by atoms with van der Waals surface area (Å²) in [6, 6.07) is 11.3. The molecule has 0 amide bonds. The Morgan fingerprint density at radius 1 is 0.969 bits per heavy atom. The highest BCUT2D eigenvalue weighted by Crippen LogP contribution is 2.42. The number of hydrogen-bond donors (Lipinski definition) is 0. The highest BCUT2D eigenvalue weighted by Gasteiger charge is 2.30. The van der Waals surface area contributed by atoms with Gasteiger partial charge in [0.05, 0.1) is 34.2 Å². The van der Waals surface area contributed by atoms with Gasteiger partial charge < -0.3 is 18.9 Å². The molecule has 1 aliphatic carbocycles. The molecule has 3 aromatic rings. The number of rotatable bonds is 10. The van der Waals surface area contributed by atoms with E-state index in [2.05, 4.69) is 10.2 Å². The minimum atomic E-state index is 0.203. The number of Topliss-reactive ketones (excluding diaryl/α,β-unsaturated/α-hetero) is 1. The first-order valence-corrected chi connectivity index (χ1v) is 11.1. The summed E-state index contributed by atoms with van der Waals surface area (Å²) in [5.74, 6) is 3.70. The van der Waals surface area contributed by atoms with Crippen LogP contribution in [-0.4, -0.2) is 54.7 Å². The fourth-order valence-corrected chi connectivity index (χ4v) is 4.31. The number of benzene rings is 2. The molecule has 1 saturated carbocycles. The van der Waals surface area contributed by atoms with Gasteiger partial charge in [-0.3, -0.25) is 9.36 Å². The van der Waals surface area contributed by atoms with Gasteiger partial charge in [0, 0.05) is 17.2 Å². The highest BCUT2D eigenvalue weighted by molar-refractivity contribution is 7.99. The molecule has 32 heavy (non-hydrogen) atoms. The Morgan fingerprint density at radius 3 is 2.16 bits per heavy atom. The molecule has 0 bridgehead atoms. The van der Waals surface area contributed by atoms with Gasteiger partial charge in [-0.05, 0) is 49.2 Å². The van der Waals surface area contributed by atoms with E-state index < -0.39 is 0 Å². The van der Waals surface area contributed by atoms with Gasteiger partial charge in [-0.1, -0.05) is 11.8 Å². The van der Waals surface area contributed by atoms with Crippen molar-refractivity contribution >= 4 is 17.5 Å². The molecular formula is C23H25N3O5S. The lowest BCUT2D eigenvalue weighted by Crippen LogP contribution is -2.06. The number of carbonyl (C=O) groups excluding carboxylic acids is 1. The third-order valence-corrected chi connectivity index (χ3v) is 6.21. The summed E-state index contributed by atoms with van der Waals surface area (Å²) in [6.45, 7) is 0. The van der Waals surface area contributed by atoms with Gasteiger partial charge in [0.15, 0.2) is 22.5 Å². The first kappa shape index (κ1) is 22.0. The average molecular weight is 456 g/mol. The van der Waals surface area contributed by atoms with Gasteiger partial charge in [-0.25, -0.2) is 0 Å². The number of carbonyl (C=O) groups is 1. The van der Waals surface area contributed by atoms with Crippen LogP contribution in [0.2, 0.25) is 0 Å². The molecule has 0 spiro atoms. The number of aromatic nitrogens is 3. The molecule has 0 radical (unpaired) electrons. The average Bonchev–Trinajstić information content (AvgIpc) is 3.61. The lowest BCUT2D eigenvalue weighted by molar-refractivity contribution is -0.117. The van der Waals surface area contributed by atoms with Gasteiger partial charge in [-0.2, -0.15) is 0 Å². The van der Waals surface area contributed by atoms with E-state index in [1.807, 2.05) is 41.0 Å². The lowest BCUT2D eigenvalue weighted by atomic mass is 10.1. The predicted octanol–water partition coefficient (Wildman–Crippen LogP) is 4.04. The Hall–Kier alpha value is -3.20. The van der Waals surface area contributed by atoms with Crippen molar-refractivity contribution in [3.63, 3.8) is 0 Å². The van der Waals surface area contributed by atoms with Crippen LogP contribution in [-0.2, 0) is 4.79 Å².